The Kier molecular flexibility index (Phi) is 6.34. The second-order valence-electron chi connectivity index (χ2n) is 7.52. The monoisotopic (exact) mass is 375 g/mol. The highest BCUT2D eigenvalue weighted by molar-refractivity contribution is 5.79. The van der Waals surface area contributed by atoms with E-state index in [2.05, 4.69) is 4.90 Å². The number of carbonyl (C=O) groups is 2. The number of aliphatic hydroxyl groups is 1. The molecule has 27 heavy (non-hydrogen) atoms. The summed E-state index contributed by atoms with van der Waals surface area (Å²) in [6, 6.07) is 9.40. The van der Waals surface area contributed by atoms with Gasteiger partial charge in [-0.05, 0) is 31.4 Å². The van der Waals surface area contributed by atoms with Crippen LogP contribution in [0.15, 0.2) is 30.3 Å². The van der Waals surface area contributed by atoms with Crippen LogP contribution in [0.1, 0.15) is 26.2 Å². The molecule has 1 saturated heterocycles. The van der Waals surface area contributed by atoms with Crippen LogP contribution in [0.25, 0.3) is 0 Å². The van der Waals surface area contributed by atoms with E-state index in [-0.39, 0.29) is 18.1 Å². The van der Waals surface area contributed by atoms with Crippen LogP contribution in [0.4, 0.5) is 0 Å². The fourth-order valence-electron chi connectivity index (χ4n) is 4.12. The minimum atomic E-state index is -0.656. The van der Waals surface area contributed by atoms with E-state index in [0.717, 1.165) is 25.0 Å². The molecule has 1 aliphatic carbocycles. The summed E-state index contributed by atoms with van der Waals surface area (Å²) in [6.07, 6.45) is 1.62. The molecule has 4 atom stereocenters. The molecule has 2 fully saturated rings. The number of benzene rings is 1. The normalized spacial score (nSPS) is 29.8. The predicted molar refractivity (Wildman–Crippen MR) is 101 cm³/mol. The molecule has 148 valence electrons. The van der Waals surface area contributed by atoms with Gasteiger partial charge in [0.15, 0.2) is 0 Å². The molecule has 0 bridgehead atoms. The Morgan fingerprint density at radius 3 is 2.56 bits per heavy atom. The average molecular weight is 375 g/mol. The minimum absolute atomic E-state index is 0.0578. The number of ether oxygens (including phenoxy) is 1. The number of primary amides is 1. The minimum Gasteiger partial charge on any atom is -0.488 e. The lowest BCUT2D eigenvalue weighted by Crippen LogP contribution is -2.54. The predicted octanol–water partition coefficient (Wildman–Crippen LogP) is 0.613. The lowest BCUT2D eigenvalue weighted by molar-refractivity contribution is -0.130. The van der Waals surface area contributed by atoms with Crippen LogP contribution in [-0.4, -0.2) is 71.1 Å². The molecule has 0 aromatic heterocycles. The summed E-state index contributed by atoms with van der Waals surface area (Å²) in [6.45, 7) is 3.45. The van der Waals surface area contributed by atoms with E-state index in [1.807, 2.05) is 30.3 Å². The highest BCUT2D eigenvalue weighted by Crippen LogP contribution is 2.28. The number of para-hydroxylation sites is 1. The van der Waals surface area contributed by atoms with Gasteiger partial charge >= 0.3 is 0 Å². The Labute approximate surface area is 160 Å². The van der Waals surface area contributed by atoms with E-state index in [4.69, 9.17) is 10.5 Å². The lowest BCUT2D eigenvalue weighted by atomic mass is 9.88. The number of aliphatic hydroxyl groups excluding tert-OH is 1. The fraction of sp³-hybridized carbons (Fsp3) is 0.600. The van der Waals surface area contributed by atoms with E-state index >= 15 is 0 Å². The average Bonchev–Trinajstić information content (AvgIpc) is 2.88. The van der Waals surface area contributed by atoms with Gasteiger partial charge in [0.05, 0.1) is 5.92 Å². The Balaban J connectivity index is 1.71. The highest BCUT2D eigenvalue weighted by atomic mass is 16.5. The van der Waals surface area contributed by atoms with Gasteiger partial charge in [-0.1, -0.05) is 18.2 Å². The van der Waals surface area contributed by atoms with Crippen molar-refractivity contribution in [2.75, 3.05) is 26.2 Å². The van der Waals surface area contributed by atoms with Crippen molar-refractivity contribution < 1.29 is 19.4 Å². The van der Waals surface area contributed by atoms with Crippen molar-refractivity contribution in [2.24, 2.45) is 11.7 Å². The summed E-state index contributed by atoms with van der Waals surface area (Å²) < 4.78 is 6.02. The first-order chi connectivity index (χ1) is 13.0. The van der Waals surface area contributed by atoms with Crippen LogP contribution in [0.3, 0.4) is 0 Å². The standard InChI is InChI=1S/C20H29N3O4/c1-14(24)22-10-11-23(13-15(12-22)20(21)26)17-8-5-9-18(19(17)25)27-16-6-3-2-4-7-16/h2-4,6-7,15,17-19,25H,5,8-13H2,1H3,(H2,21,26)/t15?,17-,18+,19+/m0/s1. The molecular formula is C20H29N3O4. The van der Waals surface area contributed by atoms with Crippen molar-refractivity contribution in [1.29, 1.82) is 0 Å². The van der Waals surface area contributed by atoms with Gasteiger partial charge in [-0.3, -0.25) is 14.5 Å². The van der Waals surface area contributed by atoms with Gasteiger partial charge in [-0.2, -0.15) is 0 Å². The number of nitrogens with zero attached hydrogens (tertiary/aromatic N) is 2. The largest absolute Gasteiger partial charge is 0.488 e. The Morgan fingerprint density at radius 2 is 1.89 bits per heavy atom. The first kappa shape index (κ1) is 19.6. The summed E-state index contributed by atoms with van der Waals surface area (Å²) in [5.41, 5.74) is 5.56. The van der Waals surface area contributed by atoms with Gasteiger partial charge in [-0.25, -0.2) is 0 Å². The quantitative estimate of drug-likeness (QED) is 0.804. The molecule has 1 heterocycles. The summed E-state index contributed by atoms with van der Waals surface area (Å²) in [5.74, 6) is -0.150. The van der Waals surface area contributed by atoms with Gasteiger partial charge in [0.2, 0.25) is 11.8 Å². The number of nitrogens with two attached hydrogens (primary N) is 1. The molecule has 1 aromatic carbocycles. The van der Waals surface area contributed by atoms with Crippen molar-refractivity contribution in [3.63, 3.8) is 0 Å². The molecule has 0 spiro atoms. The van der Waals surface area contributed by atoms with Crippen LogP contribution in [0.5, 0.6) is 5.75 Å². The van der Waals surface area contributed by atoms with Crippen molar-refractivity contribution in [3.05, 3.63) is 30.3 Å². The molecule has 1 saturated carbocycles. The van der Waals surface area contributed by atoms with E-state index < -0.39 is 17.9 Å². The van der Waals surface area contributed by atoms with Crippen LogP contribution in [0.2, 0.25) is 0 Å². The number of carbonyl (C=O) groups excluding carboxylic acids is 2. The zero-order chi connectivity index (χ0) is 19.4. The van der Waals surface area contributed by atoms with E-state index in [1.54, 1.807) is 4.90 Å². The molecule has 1 unspecified atom stereocenters. The zero-order valence-electron chi connectivity index (χ0n) is 15.8. The van der Waals surface area contributed by atoms with Gasteiger partial charge in [-0.15, -0.1) is 0 Å². The number of hydrogen-bond acceptors (Lipinski definition) is 5. The third-order valence-corrected chi connectivity index (χ3v) is 5.66. The maximum absolute atomic E-state index is 11.9. The fourth-order valence-corrected chi connectivity index (χ4v) is 4.12. The molecule has 3 rings (SSSR count). The first-order valence-electron chi connectivity index (χ1n) is 9.64. The lowest BCUT2D eigenvalue weighted by Gasteiger charge is -2.41. The van der Waals surface area contributed by atoms with Crippen molar-refractivity contribution in [3.8, 4) is 5.75 Å². The highest BCUT2D eigenvalue weighted by Gasteiger charge is 2.39. The number of hydrogen-bond donors (Lipinski definition) is 2. The zero-order valence-corrected chi connectivity index (χ0v) is 15.8. The van der Waals surface area contributed by atoms with Gasteiger partial charge in [0, 0.05) is 39.1 Å². The van der Waals surface area contributed by atoms with Crippen molar-refractivity contribution in [2.45, 2.75) is 44.4 Å². The Bertz CT molecular complexity index is 654. The van der Waals surface area contributed by atoms with Crippen LogP contribution in [0, 0.1) is 5.92 Å². The van der Waals surface area contributed by atoms with E-state index in [1.165, 1.54) is 6.92 Å². The molecule has 7 heteroatoms. The summed E-state index contributed by atoms with van der Waals surface area (Å²) in [4.78, 5) is 27.5. The molecule has 2 amide bonds. The third kappa shape index (κ3) is 4.78. The molecule has 1 aromatic rings. The van der Waals surface area contributed by atoms with E-state index in [9.17, 15) is 14.7 Å². The maximum Gasteiger partial charge on any atom is 0.223 e. The van der Waals surface area contributed by atoms with Crippen molar-refractivity contribution in [1.82, 2.24) is 9.80 Å². The molecule has 1 aliphatic heterocycles. The Hall–Kier alpha value is -2.12. The third-order valence-electron chi connectivity index (χ3n) is 5.66. The summed E-state index contributed by atoms with van der Waals surface area (Å²) in [7, 11) is 0. The maximum atomic E-state index is 11.9. The van der Waals surface area contributed by atoms with E-state index in [0.29, 0.717) is 26.2 Å². The number of amides is 2. The topological polar surface area (TPSA) is 96.1 Å². The van der Waals surface area contributed by atoms with Crippen molar-refractivity contribution >= 4 is 11.8 Å². The molecule has 0 radical (unpaired) electrons. The van der Waals surface area contributed by atoms with Crippen LogP contribution < -0.4 is 10.5 Å². The molecule has 7 nitrogen and oxygen atoms in total. The molecular weight excluding hydrogens is 346 g/mol. The van der Waals surface area contributed by atoms with Gasteiger partial charge in [0.25, 0.3) is 0 Å². The van der Waals surface area contributed by atoms with Gasteiger partial charge in [0.1, 0.15) is 18.0 Å². The first-order valence-corrected chi connectivity index (χ1v) is 9.64. The molecule has 3 N–H and O–H groups in total. The number of rotatable bonds is 4. The van der Waals surface area contributed by atoms with Crippen LogP contribution in [-0.2, 0) is 9.59 Å². The SMILES string of the molecule is CC(=O)N1CCN([C@H]2CCC[C@@H](Oc3ccccc3)[C@@H]2O)CC(C(N)=O)C1. The second-order valence-corrected chi connectivity index (χ2v) is 7.52. The summed E-state index contributed by atoms with van der Waals surface area (Å²) in [5, 5.41) is 11.0. The molecule has 2 aliphatic rings. The second kappa shape index (κ2) is 8.71. The van der Waals surface area contributed by atoms with Crippen LogP contribution >= 0.6 is 0 Å². The smallest absolute Gasteiger partial charge is 0.223 e. The summed E-state index contributed by atoms with van der Waals surface area (Å²) >= 11 is 0. The van der Waals surface area contributed by atoms with Gasteiger partial charge < -0.3 is 20.5 Å². The Morgan fingerprint density at radius 1 is 1.15 bits per heavy atom.